The Kier molecular flexibility index (Phi) is 2.77. The lowest BCUT2D eigenvalue weighted by Gasteiger charge is -2.24. The van der Waals surface area contributed by atoms with Crippen molar-refractivity contribution in [3.05, 3.63) is 47.2 Å². The number of aromatic amines is 1. The summed E-state index contributed by atoms with van der Waals surface area (Å²) in [5.74, 6) is 0.988. The van der Waals surface area contributed by atoms with Gasteiger partial charge in [-0.1, -0.05) is 36.6 Å². The fourth-order valence-electron chi connectivity index (χ4n) is 4.43. The van der Waals surface area contributed by atoms with E-state index in [0.717, 1.165) is 34.0 Å². The van der Waals surface area contributed by atoms with Crippen LogP contribution in [0.5, 0.6) is 0 Å². The molecule has 2 aliphatic rings. The minimum atomic E-state index is 0.196. The third kappa shape index (κ3) is 1.80. The monoisotopic (exact) mass is 323 g/mol. The van der Waals surface area contributed by atoms with Gasteiger partial charge in [-0.25, -0.2) is 4.98 Å². The molecule has 1 fully saturated rings. The molecule has 0 saturated heterocycles. The smallest absolute Gasteiger partial charge is 0.131 e. The summed E-state index contributed by atoms with van der Waals surface area (Å²) in [4.78, 5) is 7.98. The van der Waals surface area contributed by atoms with E-state index in [2.05, 4.69) is 34.6 Å². The summed E-state index contributed by atoms with van der Waals surface area (Å²) in [5, 5.41) is 5.56. The molecule has 3 aromatic rings. The van der Waals surface area contributed by atoms with Gasteiger partial charge in [0.2, 0.25) is 0 Å². The predicted octanol–water partition coefficient (Wildman–Crippen LogP) is 5.12. The van der Waals surface area contributed by atoms with Gasteiger partial charge in [0.15, 0.2) is 0 Å². The van der Waals surface area contributed by atoms with Crippen LogP contribution in [0.1, 0.15) is 31.2 Å². The summed E-state index contributed by atoms with van der Waals surface area (Å²) < 4.78 is 0. The highest BCUT2D eigenvalue weighted by molar-refractivity contribution is 6.35. The van der Waals surface area contributed by atoms with Crippen LogP contribution in [0.25, 0.3) is 22.0 Å². The molecular formula is C19H18ClN3. The number of halogens is 1. The van der Waals surface area contributed by atoms with E-state index >= 15 is 0 Å². The molecule has 1 aliphatic carbocycles. The van der Waals surface area contributed by atoms with Gasteiger partial charge in [-0.3, -0.25) is 0 Å². The van der Waals surface area contributed by atoms with E-state index in [9.17, 15) is 0 Å². The number of H-pyrrole nitrogens is 1. The standard InChI is InChI=1S/C19H18ClN3/c20-17-14(12-4-3-5-15-13(12)6-9-21-15)10-22-18-16(17)19(11-23-18)7-1-2-8-19/h3-6,9-10,21H,1-2,7-8,11H2,(H,22,23). The van der Waals surface area contributed by atoms with Crippen molar-refractivity contribution in [2.45, 2.75) is 31.1 Å². The molecule has 4 heteroatoms. The van der Waals surface area contributed by atoms with Crippen molar-refractivity contribution in [3.63, 3.8) is 0 Å². The van der Waals surface area contributed by atoms with E-state index in [4.69, 9.17) is 16.6 Å². The molecule has 0 radical (unpaired) electrons. The number of nitrogens with one attached hydrogen (secondary N) is 2. The van der Waals surface area contributed by atoms with Gasteiger partial charge in [0, 0.05) is 46.4 Å². The van der Waals surface area contributed by atoms with E-state index in [0.29, 0.717) is 0 Å². The van der Waals surface area contributed by atoms with Gasteiger partial charge in [-0.15, -0.1) is 0 Å². The van der Waals surface area contributed by atoms with Gasteiger partial charge in [0.25, 0.3) is 0 Å². The molecule has 3 heterocycles. The van der Waals surface area contributed by atoms with Gasteiger partial charge in [0.1, 0.15) is 5.82 Å². The van der Waals surface area contributed by atoms with Crippen molar-refractivity contribution in [1.82, 2.24) is 9.97 Å². The number of pyridine rings is 1. The molecule has 0 unspecified atom stereocenters. The molecule has 5 rings (SSSR count). The van der Waals surface area contributed by atoms with Gasteiger partial charge in [-0.05, 0) is 30.5 Å². The summed E-state index contributed by atoms with van der Waals surface area (Å²) in [6.07, 6.45) is 8.90. The average molecular weight is 324 g/mol. The Bertz CT molecular complexity index is 906. The molecule has 1 aliphatic heterocycles. The first kappa shape index (κ1) is 13.4. The molecule has 1 spiro atoms. The molecule has 1 aromatic carbocycles. The molecule has 2 aromatic heterocycles. The predicted molar refractivity (Wildman–Crippen MR) is 95.2 cm³/mol. The number of aromatic nitrogens is 2. The first-order valence-corrected chi connectivity index (χ1v) is 8.66. The van der Waals surface area contributed by atoms with Crippen LogP contribution in [0.2, 0.25) is 5.02 Å². The maximum Gasteiger partial charge on any atom is 0.131 e. The molecular weight excluding hydrogens is 306 g/mol. The second-order valence-corrected chi connectivity index (χ2v) is 7.17. The summed E-state index contributed by atoms with van der Waals surface area (Å²) >= 11 is 6.94. The van der Waals surface area contributed by atoms with Crippen molar-refractivity contribution >= 4 is 28.3 Å². The van der Waals surface area contributed by atoms with E-state index in [1.165, 1.54) is 36.6 Å². The summed E-state index contributed by atoms with van der Waals surface area (Å²) in [6.45, 7) is 0.979. The molecule has 0 atom stereocenters. The topological polar surface area (TPSA) is 40.7 Å². The molecule has 0 amide bonds. The maximum atomic E-state index is 6.94. The first-order chi connectivity index (χ1) is 11.3. The Morgan fingerprint density at radius 2 is 1.96 bits per heavy atom. The lowest BCUT2D eigenvalue weighted by molar-refractivity contribution is 0.489. The number of hydrogen-bond acceptors (Lipinski definition) is 2. The molecule has 3 nitrogen and oxygen atoms in total. The van der Waals surface area contributed by atoms with Crippen LogP contribution >= 0.6 is 11.6 Å². The van der Waals surface area contributed by atoms with E-state index in [1.54, 1.807) is 0 Å². The highest BCUT2D eigenvalue weighted by atomic mass is 35.5. The summed E-state index contributed by atoms with van der Waals surface area (Å²) in [5.41, 5.74) is 4.78. The van der Waals surface area contributed by atoms with Gasteiger partial charge in [0.05, 0.1) is 5.02 Å². The van der Waals surface area contributed by atoms with Gasteiger partial charge >= 0.3 is 0 Å². The fourth-order valence-corrected chi connectivity index (χ4v) is 4.88. The van der Waals surface area contributed by atoms with Crippen molar-refractivity contribution in [2.75, 3.05) is 11.9 Å². The average Bonchev–Trinajstić information content (AvgIpc) is 3.29. The second kappa shape index (κ2) is 4.75. The van der Waals surface area contributed by atoms with Crippen LogP contribution in [0.3, 0.4) is 0 Å². The number of benzene rings is 1. The fraction of sp³-hybridized carbons (Fsp3) is 0.316. The third-order valence-corrected chi connectivity index (χ3v) is 5.98. The minimum absolute atomic E-state index is 0.196. The van der Waals surface area contributed by atoms with Crippen molar-refractivity contribution in [1.29, 1.82) is 0 Å². The van der Waals surface area contributed by atoms with Gasteiger partial charge < -0.3 is 10.3 Å². The van der Waals surface area contributed by atoms with E-state index < -0.39 is 0 Å². The number of nitrogens with zero attached hydrogens (tertiary/aromatic N) is 1. The maximum absolute atomic E-state index is 6.94. The van der Waals surface area contributed by atoms with Crippen molar-refractivity contribution in [3.8, 4) is 11.1 Å². The Morgan fingerprint density at radius 1 is 1.09 bits per heavy atom. The molecule has 0 bridgehead atoms. The zero-order chi connectivity index (χ0) is 15.4. The van der Waals surface area contributed by atoms with E-state index in [-0.39, 0.29) is 5.41 Å². The number of rotatable bonds is 1. The van der Waals surface area contributed by atoms with Crippen LogP contribution in [0.4, 0.5) is 5.82 Å². The second-order valence-electron chi connectivity index (χ2n) is 6.79. The van der Waals surface area contributed by atoms with E-state index in [1.807, 2.05) is 12.4 Å². The number of fused-ring (bicyclic) bond motifs is 3. The minimum Gasteiger partial charge on any atom is -0.369 e. The van der Waals surface area contributed by atoms with Crippen LogP contribution < -0.4 is 5.32 Å². The lowest BCUT2D eigenvalue weighted by atomic mass is 9.80. The highest BCUT2D eigenvalue weighted by Crippen LogP contribution is 2.52. The molecule has 1 saturated carbocycles. The molecule has 116 valence electrons. The zero-order valence-electron chi connectivity index (χ0n) is 12.8. The normalized spacial score (nSPS) is 18.5. The first-order valence-electron chi connectivity index (χ1n) is 8.28. The highest BCUT2D eigenvalue weighted by Gasteiger charge is 2.44. The number of anilines is 1. The van der Waals surface area contributed by atoms with Crippen molar-refractivity contribution in [2.24, 2.45) is 0 Å². The Morgan fingerprint density at radius 3 is 2.83 bits per heavy atom. The van der Waals surface area contributed by atoms with Crippen LogP contribution in [-0.4, -0.2) is 16.5 Å². The Hall–Kier alpha value is -2.00. The Balaban J connectivity index is 1.76. The molecule has 2 N–H and O–H groups in total. The van der Waals surface area contributed by atoms with Crippen LogP contribution in [-0.2, 0) is 5.41 Å². The quantitative estimate of drug-likeness (QED) is 0.652. The van der Waals surface area contributed by atoms with Crippen LogP contribution in [0.15, 0.2) is 36.7 Å². The number of hydrogen-bond donors (Lipinski definition) is 2. The van der Waals surface area contributed by atoms with Crippen molar-refractivity contribution < 1.29 is 0 Å². The Labute approximate surface area is 140 Å². The largest absolute Gasteiger partial charge is 0.369 e. The summed E-state index contributed by atoms with van der Waals surface area (Å²) in [7, 11) is 0. The molecule has 23 heavy (non-hydrogen) atoms. The zero-order valence-corrected chi connectivity index (χ0v) is 13.6. The summed E-state index contributed by atoms with van der Waals surface area (Å²) in [6, 6.07) is 8.40. The van der Waals surface area contributed by atoms with Gasteiger partial charge in [-0.2, -0.15) is 0 Å². The SMILES string of the molecule is Clc1c(-c2cccc3[nH]ccc23)cnc2c1C1(CCCC1)CN2. The van der Waals surface area contributed by atoms with Crippen LogP contribution in [0, 0.1) is 0 Å². The lowest BCUT2D eigenvalue weighted by Crippen LogP contribution is -2.24. The third-order valence-electron chi connectivity index (χ3n) is 5.59.